The molecule has 0 fully saturated rings. The summed E-state index contributed by atoms with van der Waals surface area (Å²) >= 11 is 0. The molecule has 2 aromatic carbocycles. The summed E-state index contributed by atoms with van der Waals surface area (Å²) in [4.78, 5) is 0. The quantitative estimate of drug-likeness (QED) is 0.587. The maximum atomic E-state index is 6.12. The van der Waals surface area contributed by atoms with E-state index in [1.807, 2.05) is 0 Å². The van der Waals surface area contributed by atoms with E-state index in [9.17, 15) is 0 Å². The van der Waals surface area contributed by atoms with Gasteiger partial charge in [-0.05, 0) is 86.1 Å². The Bertz CT molecular complexity index is 679. The molecule has 2 unspecified atom stereocenters. The minimum Gasteiger partial charge on any atom is -0.380 e. The molecule has 2 rings (SSSR count). The summed E-state index contributed by atoms with van der Waals surface area (Å²) in [7, 11) is 0. The van der Waals surface area contributed by atoms with Crippen LogP contribution in [0.1, 0.15) is 70.2 Å². The summed E-state index contributed by atoms with van der Waals surface area (Å²) in [5.74, 6) is 0.847. The highest BCUT2D eigenvalue weighted by atomic mass is 16.5. The molecule has 0 saturated heterocycles. The normalized spacial score (nSPS) is 13.8. The van der Waals surface area contributed by atoms with E-state index < -0.39 is 0 Å². The van der Waals surface area contributed by atoms with Crippen molar-refractivity contribution in [1.82, 2.24) is 0 Å². The van der Waals surface area contributed by atoms with Crippen LogP contribution in [0.4, 0.5) is 0 Å². The second-order valence-electron chi connectivity index (χ2n) is 7.93. The molecular weight excluding hydrogens is 304 g/mol. The van der Waals surface area contributed by atoms with E-state index >= 15 is 0 Å². The minimum atomic E-state index is 0.423. The van der Waals surface area contributed by atoms with Crippen molar-refractivity contribution in [2.45, 2.75) is 67.2 Å². The largest absolute Gasteiger partial charge is 0.380 e. The van der Waals surface area contributed by atoms with E-state index in [0.717, 1.165) is 13.2 Å². The first-order valence-corrected chi connectivity index (χ1v) is 9.44. The third kappa shape index (κ3) is 4.73. The van der Waals surface area contributed by atoms with E-state index in [1.165, 1.54) is 44.5 Å². The molecule has 136 valence electrons. The van der Waals surface area contributed by atoms with Crippen LogP contribution in [0.2, 0.25) is 0 Å². The van der Waals surface area contributed by atoms with E-state index in [4.69, 9.17) is 4.74 Å². The fourth-order valence-corrected chi connectivity index (χ4v) is 3.63. The molecular formula is C24H34O. The van der Waals surface area contributed by atoms with Crippen molar-refractivity contribution in [2.24, 2.45) is 0 Å². The van der Waals surface area contributed by atoms with Gasteiger partial charge in [-0.15, -0.1) is 0 Å². The van der Waals surface area contributed by atoms with Gasteiger partial charge in [-0.1, -0.05) is 38.1 Å². The van der Waals surface area contributed by atoms with Crippen LogP contribution < -0.4 is 0 Å². The second-order valence-corrected chi connectivity index (χ2v) is 7.93. The van der Waals surface area contributed by atoms with Gasteiger partial charge >= 0.3 is 0 Å². The topological polar surface area (TPSA) is 9.23 Å². The smallest absolute Gasteiger partial charge is 0.0532 e. The Hall–Kier alpha value is -1.60. The molecule has 0 saturated carbocycles. The SMILES string of the molecule is Cc1cc(C)c(C(C)COCC(C)c2cc(C)c(C)cc2C)cc1C. The van der Waals surface area contributed by atoms with E-state index in [1.54, 1.807) is 0 Å². The Balaban J connectivity index is 1.98. The van der Waals surface area contributed by atoms with Crippen molar-refractivity contribution in [3.8, 4) is 0 Å². The van der Waals surface area contributed by atoms with Crippen molar-refractivity contribution < 1.29 is 4.74 Å². The number of rotatable bonds is 6. The Labute approximate surface area is 154 Å². The molecule has 0 amide bonds. The van der Waals surface area contributed by atoms with Crippen LogP contribution in [-0.4, -0.2) is 13.2 Å². The van der Waals surface area contributed by atoms with Crippen molar-refractivity contribution in [1.29, 1.82) is 0 Å². The van der Waals surface area contributed by atoms with Gasteiger partial charge in [0.15, 0.2) is 0 Å². The van der Waals surface area contributed by atoms with Crippen LogP contribution in [0.25, 0.3) is 0 Å². The fraction of sp³-hybridized carbons (Fsp3) is 0.500. The van der Waals surface area contributed by atoms with Crippen LogP contribution in [0, 0.1) is 41.5 Å². The third-order valence-electron chi connectivity index (χ3n) is 5.56. The van der Waals surface area contributed by atoms with Gasteiger partial charge in [0.2, 0.25) is 0 Å². The molecule has 0 spiro atoms. The number of ether oxygens (including phenoxy) is 1. The van der Waals surface area contributed by atoms with E-state index in [2.05, 4.69) is 79.7 Å². The summed E-state index contributed by atoms with van der Waals surface area (Å²) in [6.07, 6.45) is 0. The Morgan fingerprint density at radius 3 is 1.24 bits per heavy atom. The molecule has 0 heterocycles. The number of benzene rings is 2. The summed E-state index contributed by atoms with van der Waals surface area (Å²) in [6, 6.07) is 9.25. The first-order chi connectivity index (χ1) is 11.7. The van der Waals surface area contributed by atoms with Crippen LogP contribution in [0.5, 0.6) is 0 Å². The zero-order valence-electron chi connectivity index (χ0n) is 17.3. The van der Waals surface area contributed by atoms with Gasteiger partial charge in [-0.25, -0.2) is 0 Å². The lowest BCUT2D eigenvalue weighted by Gasteiger charge is -2.20. The highest BCUT2D eigenvalue weighted by Crippen LogP contribution is 2.26. The molecule has 2 atom stereocenters. The van der Waals surface area contributed by atoms with E-state index in [0.29, 0.717) is 11.8 Å². The lowest BCUT2D eigenvalue weighted by molar-refractivity contribution is 0.113. The Morgan fingerprint density at radius 2 is 0.880 bits per heavy atom. The maximum Gasteiger partial charge on any atom is 0.0532 e. The molecule has 0 aromatic heterocycles. The first kappa shape index (κ1) is 19.7. The highest BCUT2D eigenvalue weighted by molar-refractivity contribution is 5.39. The first-order valence-electron chi connectivity index (χ1n) is 9.44. The molecule has 1 heteroatoms. The third-order valence-corrected chi connectivity index (χ3v) is 5.56. The van der Waals surface area contributed by atoms with Gasteiger partial charge in [-0.2, -0.15) is 0 Å². The van der Waals surface area contributed by atoms with Gasteiger partial charge in [0, 0.05) is 11.8 Å². The minimum absolute atomic E-state index is 0.423. The van der Waals surface area contributed by atoms with Gasteiger partial charge in [0.25, 0.3) is 0 Å². The van der Waals surface area contributed by atoms with Gasteiger partial charge < -0.3 is 4.74 Å². The lowest BCUT2D eigenvalue weighted by Crippen LogP contribution is -2.12. The van der Waals surface area contributed by atoms with Crippen LogP contribution in [0.15, 0.2) is 24.3 Å². The monoisotopic (exact) mass is 338 g/mol. The van der Waals surface area contributed by atoms with Gasteiger partial charge in [0.1, 0.15) is 0 Å². The van der Waals surface area contributed by atoms with Crippen LogP contribution in [0.3, 0.4) is 0 Å². The lowest BCUT2D eigenvalue weighted by atomic mass is 9.92. The van der Waals surface area contributed by atoms with E-state index in [-0.39, 0.29) is 0 Å². The van der Waals surface area contributed by atoms with Crippen molar-refractivity contribution >= 4 is 0 Å². The molecule has 0 radical (unpaired) electrons. The number of aryl methyl sites for hydroxylation is 6. The average Bonchev–Trinajstić information content (AvgIpc) is 2.54. The van der Waals surface area contributed by atoms with Gasteiger partial charge in [-0.3, -0.25) is 0 Å². The standard InChI is InChI=1S/C24H34O/c1-15-9-19(5)23(11-17(15)3)21(7)13-25-14-22(8)24-12-18(4)16(2)10-20(24)6/h9-12,21-22H,13-14H2,1-8H3. The molecule has 0 aliphatic heterocycles. The maximum absolute atomic E-state index is 6.12. The van der Waals surface area contributed by atoms with Crippen molar-refractivity contribution in [2.75, 3.05) is 13.2 Å². The summed E-state index contributed by atoms with van der Waals surface area (Å²) < 4.78 is 6.12. The zero-order chi connectivity index (χ0) is 18.7. The average molecular weight is 339 g/mol. The molecule has 25 heavy (non-hydrogen) atoms. The number of hydrogen-bond donors (Lipinski definition) is 0. The summed E-state index contributed by atoms with van der Waals surface area (Å²) in [5.41, 5.74) is 11.0. The van der Waals surface area contributed by atoms with Crippen LogP contribution in [-0.2, 0) is 4.74 Å². The molecule has 0 N–H and O–H groups in total. The molecule has 0 bridgehead atoms. The van der Waals surface area contributed by atoms with Crippen molar-refractivity contribution in [3.05, 3.63) is 68.8 Å². The van der Waals surface area contributed by atoms with Crippen LogP contribution >= 0.6 is 0 Å². The predicted molar refractivity (Wildman–Crippen MR) is 109 cm³/mol. The van der Waals surface area contributed by atoms with Gasteiger partial charge in [0.05, 0.1) is 13.2 Å². The zero-order valence-corrected chi connectivity index (χ0v) is 17.3. The Morgan fingerprint density at radius 1 is 0.560 bits per heavy atom. The van der Waals surface area contributed by atoms with Crippen molar-refractivity contribution in [3.63, 3.8) is 0 Å². The highest BCUT2D eigenvalue weighted by Gasteiger charge is 2.14. The summed E-state index contributed by atoms with van der Waals surface area (Å²) in [6.45, 7) is 19.2. The molecule has 0 aliphatic carbocycles. The molecule has 1 nitrogen and oxygen atoms in total. The second kappa shape index (κ2) is 8.19. The molecule has 2 aromatic rings. The summed E-state index contributed by atoms with van der Waals surface area (Å²) in [5, 5.41) is 0. The number of hydrogen-bond acceptors (Lipinski definition) is 1. The Kier molecular flexibility index (Phi) is 6.46. The molecule has 0 aliphatic rings. The fourth-order valence-electron chi connectivity index (χ4n) is 3.63. The predicted octanol–water partition coefficient (Wildman–Crippen LogP) is 6.46.